The van der Waals surface area contributed by atoms with Crippen molar-refractivity contribution >= 4 is 11.3 Å². The molecule has 1 heterocycles. The Morgan fingerprint density at radius 1 is 1.15 bits per heavy atom. The van der Waals surface area contributed by atoms with Crippen molar-refractivity contribution in [3.63, 3.8) is 0 Å². The number of benzene rings is 1. The maximum atomic E-state index is 4.76. The van der Waals surface area contributed by atoms with Crippen LogP contribution < -0.4 is 5.32 Å². The van der Waals surface area contributed by atoms with Crippen molar-refractivity contribution in [1.82, 2.24) is 10.3 Å². The fourth-order valence-corrected chi connectivity index (χ4v) is 3.13. The van der Waals surface area contributed by atoms with Gasteiger partial charge in [0.05, 0.1) is 10.7 Å². The summed E-state index contributed by atoms with van der Waals surface area (Å²) in [6.07, 6.45) is 2.29. The summed E-state index contributed by atoms with van der Waals surface area (Å²) in [5.41, 5.74) is 2.32. The normalized spacial score (nSPS) is 12.8. The van der Waals surface area contributed by atoms with E-state index in [1.807, 2.05) is 6.07 Å². The van der Waals surface area contributed by atoms with Gasteiger partial charge in [-0.05, 0) is 18.9 Å². The molecule has 20 heavy (non-hydrogen) atoms. The average molecular weight is 288 g/mol. The van der Waals surface area contributed by atoms with Gasteiger partial charge in [-0.25, -0.2) is 4.98 Å². The van der Waals surface area contributed by atoms with Gasteiger partial charge in [-0.15, -0.1) is 11.3 Å². The summed E-state index contributed by atoms with van der Waals surface area (Å²) in [7, 11) is 0. The smallest absolute Gasteiger partial charge is 0.0935 e. The molecule has 0 bridgehead atoms. The molecule has 0 amide bonds. The summed E-state index contributed by atoms with van der Waals surface area (Å²) in [6.45, 7) is 7.79. The maximum Gasteiger partial charge on any atom is 0.0935 e. The summed E-state index contributed by atoms with van der Waals surface area (Å²) in [6, 6.07) is 11.0. The number of hydrogen-bond acceptors (Lipinski definition) is 3. The molecule has 0 radical (unpaired) electrons. The topological polar surface area (TPSA) is 24.9 Å². The second-order valence-corrected chi connectivity index (χ2v) is 6.64. The first-order valence-corrected chi connectivity index (χ1v) is 8.26. The summed E-state index contributed by atoms with van der Waals surface area (Å²) in [5.74, 6) is 0.677. The minimum absolute atomic E-state index is 0.576. The van der Waals surface area contributed by atoms with Crippen LogP contribution in [0.4, 0.5) is 0 Å². The molecule has 0 aliphatic rings. The van der Waals surface area contributed by atoms with E-state index < -0.39 is 0 Å². The molecular formula is C17H24N2S. The van der Waals surface area contributed by atoms with E-state index in [2.05, 4.69) is 55.7 Å². The summed E-state index contributed by atoms with van der Waals surface area (Å²) < 4.78 is 0. The number of nitrogens with zero attached hydrogens (tertiary/aromatic N) is 1. The lowest BCUT2D eigenvalue weighted by Crippen LogP contribution is -2.25. The van der Waals surface area contributed by atoms with E-state index in [4.69, 9.17) is 4.98 Å². The summed E-state index contributed by atoms with van der Waals surface area (Å²) in [5, 5.41) is 6.90. The molecule has 0 aliphatic heterocycles. The van der Waals surface area contributed by atoms with E-state index in [1.165, 1.54) is 17.0 Å². The van der Waals surface area contributed by atoms with Crippen molar-refractivity contribution in [3.05, 3.63) is 40.7 Å². The Kier molecular flexibility index (Phi) is 5.74. The molecule has 1 N–H and O–H groups in total. The minimum Gasteiger partial charge on any atom is -0.315 e. The van der Waals surface area contributed by atoms with Gasteiger partial charge in [-0.1, -0.05) is 51.1 Å². The van der Waals surface area contributed by atoms with Crippen LogP contribution in [-0.2, 0) is 6.42 Å². The van der Waals surface area contributed by atoms with Crippen molar-refractivity contribution in [2.24, 2.45) is 5.92 Å². The molecule has 0 aliphatic carbocycles. The largest absolute Gasteiger partial charge is 0.315 e. The second kappa shape index (κ2) is 7.55. The minimum atomic E-state index is 0.576. The predicted molar refractivity (Wildman–Crippen MR) is 88.2 cm³/mol. The van der Waals surface area contributed by atoms with Crippen LogP contribution in [0, 0.1) is 5.92 Å². The van der Waals surface area contributed by atoms with Crippen molar-refractivity contribution in [2.45, 2.75) is 39.7 Å². The highest BCUT2D eigenvalue weighted by Gasteiger charge is 2.09. The van der Waals surface area contributed by atoms with Gasteiger partial charge in [-0.3, -0.25) is 0 Å². The third-order valence-corrected chi connectivity index (χ3v) is 4.21. The van der Waals surface area contributed by atoms with Crippen molar-refractivity contribution in [3.8, 4) is 11.3 Å². The van der Waals surface area contributed by atoms with Gasteiger partial charge in [0.2, 0.25) is 0 Å². The van der Waals surface area contributed by atoms with Gasteiger partial charge >= 0.3 is 0 Å². The maximum absolute atomic E-state index is 4.76. The van der Waals surface area contributed by atoms with Crippen LogP contribution in [0.15, 0.2) is 35.7 Å². The zero-order chi connectivity index (χ0) is 14.4. The van der Waals surface area contributed by atoms with Crippen molar-refractivity contribution < 1.29 is 0 Å². The van der Waals surface area contributed by atoms with Gasteiger partial charge in [0.1, 0.15) is 0 Å². The van der Waals surface area contributed by atoms with Gasteiger partial charge < -0.3 is 5.32 Å². The van der Waals surface area contributed by atoms with Crippen LogP contribution in [0.25, 0.3) is 11.3 Å². The van der Waals surface area contributed by atoms with Crippen molar-refractivity contribution in [2.75, 3.05) is 6.54 Å². The molecule has 0 fully saturated rings. The third-order valence-electron chi connectivity index (χ3n) is 3.33. The molecule has 3 heteroatoms. The Balaban J connectivity index is 1.86. The standard InChI is InChI=1S/C17H24N2S/c1-13(2)18-10-9-14(3)11-17-19-16(12-20-17)15-7-5-4-6-8-15/h4-8,12-14,18H,9-11H2,1-3H3. The zero-order valence-corrected chi connectivity index (χ0v) is 13.4. The first kappa shape index (κ1) is 15.2. The van der Waals surface area contributed by atoms with Gasteiger partial charge in [-0.2, -0.15) is 0 Å². The molecule has 1 aromatic carbocycles. The molecule has 1 aromatic heterocycles. The average Bonchev–Trinajstić information content (AvgIpc) is 2.88. The van der Waals surface area contributed by atoms with Crippen LogP contribution in [0.2, 0.25) is 0 Å². The van der Waals surface area contributed by atoms with E-state index in [0.29, 0.717) is 12.0 Å². The Bertz CT molecular complexity index is 505. The van der Waals surface area contributed by atoms with Crippen LogP contribution >= 0.6 is 11.3 Å². The number of aromatic nitrogens is 1. The summed E-state index contributed by atoms with van der Waals surface area (Å²) >= 11 is 1.78. The van der Waals surface area contributed by atoms with Crippen LogP contribution in [0.5, 0.6) is 0 Å². The molecule has 0 saturated heterocycles. The second-order valence-electron chi connectivity index (χ2n) is 5.70. The van der Waals surface area contributed by atoms with E-state index in [-0.39, 0.29) is 0 Å². The lowest BCUT2D eigenvalue weighted by atomic mass is 10.0. The lowest BCUT2D eigenvalue weighted by Gasteiger charge is -2.12. The highest BCUT2D eigenvalue weighted by atomic mass is 32.1. The molecule has 0 spiro atoms. The first-order valence-electron chi connectivity index (χ1n) is 7.38. The lowest BCUT2D eigenvalue weighted by molar-refractivity contribution is 0.475. The quantitative estimate of drug-likeness (QED) is 0.818. The zero-order valence-electron chi connectivity index (χ0n) is 12.6. The molecule has 2 aromatic rings. The number of rotatable bonds is 7. The van der Waals surface area contributed by atoms with E-state index in [9.17, 15) is 0 Å². The molecule has 2 rings (SSSR count). The van der Waals surface area contributed by atoms with Gasteiger partial charge in [0.15, 0.2) is 0 Å². The highest BCUT2D eigenvalue weighted by Crippen LogP contribution is 2.23. The molecule has 1 atom stereocenters. The molecule has 1 unspecified atom stereocenters. The monoisotopic (exact) mass is 288 g/mol. The first-order chi connectivity index (χ1) is 9.65. The number of nitrogens with one attached hydrogen (secondary N) is 1. The fraction of sp³-hybridized carbons (Fsp3) is 0.471. The Morgan fingerprint density at radius 2 is 1.90 bits per heavy atom. The highest BCUT2D eigenvalue weighted by molar-refractivity contribution is 7.09. The van der Waals surface area contributed by atoms with Crippen LogP contribution in [0.1, 0.15) is 32.2 Å². The Labute approximate surface area is 126 Å². The van der Waals surface area contributed by atoms with Crippen LogP contribution in [-0.4, -0.2) is 17.6 Å². The van der Waals surface area contributed by atoms with Gasteiger partial charge in [0.25, 0.3) is 0 Å². The van der Waals surface area contributed by atoms with E-state index >= 15 is 0 Å². The predicted octanol–water partition coefficient (Wildman–Crippen LogP) is 4.38. The molecule has 0 saturated carbocycles. The fourth-order valence-electron chi connectivity index (χ4n) is 2.16. The van der Waals surface area contributed by atoms with Gasteiger partial charge in [0, 0.05) is 23.4 Å². The molecular weight excluding hydrogens is 264 g/mol. The molecule has 2 nitrogen and oxygen atoms in total. The Hall–Kier alpha value is -1.19. The number of thiazole rings is 1. The van der Waals surface area contributed by atoms with Crippen molar-refractivity contribution in [1.29, 1.82) is 0 Å². The summed E-state index contributed by atoms with van der Waals surface area (Å²) in [4.78, 5) is 4.76. The van der Waals surface area contributed by atoms with Crippen LogP contribution in [0.3, 0.4) is 0 Å². The molecule has 108 valence electrons. The van der Waals surface area contributed by atoms with E-state index in [1.54, 1.807) is 11.3 Å². The van der Waals surface area contributed by atoms with E-state index in [0.717, 1.165) is 18.7 Å². The third kappa shape index (κ3) is 4.73. The Morgan fingerprint density at radius 3 is 2.60 bits per heavy atom. The SMILES string of the molecule is CC(CCNC(C)C)Cc1nc(-c2ccccc2)cs1. The number of hydrogen-bond donors (Lipinski definition) is 1.